The Morgan fingerprint density at radius 1 is 1.08 bits per heavy atom. The molecule has 3 rings (SSSR count). The van der Waals surface area contributed by atoms with E-state index in [9.17, 15) is 22.0 Å². The van der Waals surface area contributed by atoms with Gasteiger partial charge in [-0.15, -0.1) is 0 Å². The van der Waals surface area contributed by atoms with Crippen LogP contribution in [0.2, 0.25) is 0 Å². The van der Waals surface area contributed by atoms with Gasteiger partial charge in [-0.3, -0.25) is 9.52 Å². The van der Waals surface area contributed by atoms with Crippen LogP contribution in [-0.2, 0) is 19.6 Å². The predicted molar refractivity (Wildman–Crippen MR) is 91.2 cm³/mol. The number of ether oxygens (including phenoxy) is 1. The number of carbonyl (C=O) groups excluding carboxylic acids is 1. The first kappa shape index (κ1) is 18.3. The van der Waals surface area contributed by atoms with Gasteiger partial charge in [0.15, 0.2) is 0 Å². The highest BCUT2D eigenvalue weighted by molar-refractivity contribution is 7.92. The van der Waals surface area contributed by atoms with Gasteiger partial charge in [-0.05, 0) is 55.3 Å². The van der Waals surface area contributed by atoms with Crippen LogP contribution in [0.25, 0.3) is 0 Å². The monoisotopic (exact) mass is 382 g/mol. The smallest absolute Gasteiger partial charge is 0.264 e. The van der Waals surface area contributed by atoms with Gasteiger partial charge in [-0.1, -0.05) is 0 Å². The Balaban J connectivity index is 1.70. The molecule has 1 fully saturated rings. The Bertz CT molecular complexity index is 911. The highest BCUT2D eigenvalue weighted by Crippen LogP contribution is 2.22. The minimum atomic E-state index is -4.29. The molecule has 1 atom stereocenters. The molecule has 1 aliphatic rings. The molecule has 2 aromatic rings. The van der Waals surface area contributed by atoms with Crippen molar-refractivity contribution < 1.29 is 26.7 Å². The molecule has 1 amide bonds. The SMILES string of the molecule is O=C(Nc1ccc(NS(=O)(=O)c2cc(F)ccc2F)cc1)C1CCCO1. The quantitative estimate of drug-likeness (QED) is 0.833. The van der Waals surface area contributed by atoms with E-state index in [1.165, 1.54) is 24.3 Å². The zero-order chi connectivity index (χ0) is 18.7. The van der Waals surface area contributed by atoms with Crippen molar-refractivity contribution in [1.29, 1.82) is 0 Å². The van der Waals surface area contributed by atoms with Gasteiger partial charge in [0.1, 0.15) is 22.6 Å². The fraction of sp³-hybridized carbons (Fsp3) is 0.235. The summed E-state index contributed by atoms with van der Waals surface area (Å²) in [4.78, 5) is 11.2. The van der Waals surface area contributed by atoms with Crippen LogP contribution in [0.3, 0.4) is 0 Å². The van der Waals surface area contributed by atoms with Gasteiger partial charge in [0.25, 0.3) is 15.9 Å². The molecule has 9 heteroatoms. The lowest BCUT2D eigenvalue weighted by atomic mass is 10.2. The molecule has 0 spiro atoms. The van der Waals surface area contributed by atoms with Crippen LogP contribution in [0, 0.1) is 11.6 Å². The number of amides is 1. The Hall–Kier alpha value is -2.52. The Kier molecular flexibility index (Phi) is 5.19. The summed E-state index contributed by atoms with van der Waals surface area (Å²) in [6.07, 6.45) is 1.00. The molecular formula is C17H16F2N2O4S. The van der Waals surface area contributed by atoms with Gasteiger partial charge >= 0.3 is 0 Å². The molecule has 1 aliphatic heterocycles. The number of rotatable bonds is 5. The maximum Gasteiger partial charge on any atom is 0.264 e. The lowest BCUT2D eigenvalue weighted by Crippen LogP contribution is -2.26. The van der Waals surface area contributed by atoms with Gasteiger partial charge in [-0.2, -0.15) is 0 Å². The zero-order valence-corrected chi connectivity index (χ0v) is 14.4. The summed E-state index contributed by atoms with van der Waals surface area (Å²) in [6, 6.07) is 7.97. The molecule has 1 unspecified atom stereocenters. The molecule has 2 N–H and O–H groups in total. The van der Waals surface area contributed by atoms with E-state index < -0.39 is 32.7 Å². The first-order valence-corrected chi connectivity index (χ1v) is 9.34. The van der Waals surface area contributed by atoms with Crippen molar-refractivity contribution in [3.05, 3.63) is 54.1 Å². The second-order valence-corrected chi connectivity index (χ2v) is 7.40. The zero-order valence-electron chi connectivity index (χ0n) is 13.5. The number of hydrogen-bond acceptors (Lipinski definition) is 4. The van der Waals surface area contributed by atoms with Crippen molar-refractivity contribution in [2.45, 2.75) is 23.8 Å². The van der Waals surface area contributed by atoms with Gasteiger partial charge in [0.2, 0.25) is 0 Å². The first-order chi connectivity index (χ1) is 12.3. The third-order valence-corrected chi connectivity index (χ3v) is 5.21. The van der Waals surface area contributed by atoms with Crippen LogP contribution < -0.4 is 10.0 Å². The van der Waals surface area contributed by atoms with Gasteiger partial charge in [0, 0.05) is 18.0 Å². The molecule has 1 heterocycles. The van der Waals surface area contributed by atoms with Crippen LogP contribution in [0.4, 0.5) is 20.2 Å². The topological polar surface area (TPSA) is 84.5 Å². The van der Waals surface area contributed by atoms with E-state index in [1.807, 2.05) is 0 Å². The molecule has 0 radical (unpaired) electrons. The summed E-state index contributed by atoms with van der Waals surface area (Å²) in [5.74, 6) is -2.18. The number of nitrogens with one attached hydrogen (secondary N) is 2. The van der Waals surface area contributed by atoms with Crippen LogP contribution in [0.5, 0.6) is 0 Å². The molecular weight excluding hydrogens is 366 g/mol. The van der Waals surface area contributed by atoms with E-state index in [-0.39, 0.29) is 11.6 Å². The number of halogens is 2. The van der Waals surface area contributed by atoms with Crippen LogP contribution in [-0.4, -0.2) is 27.0 Å². The summed E-state index contributed by atoms with van der Waals surface area (Å²) in [5, 5.41) is 2.67. The van der Waals surface area contributed by atoms with E-state index in [0.717, 1.165) is 18.6 Å². The van der Waals surface area contributed by atoms with Gasteiger partial charge in [0.05, 0.1) is 0 Å². The maximum absolute atomic E-state index is 13.7. The van der Waals surface area contributed by atoms with Crippen molar-refractivity contribution in [1.82, 2.24) is 0 Å². The maximum atomic E-state index is 13.7. The third kappa shape index (κ3) is 4.17. The molecule has 0 aromatic heterocycles. The molecule has 6 nitrogen and oxygen atoms in total. The van der Waals surface area contributed by atoms with E-state index in [2.05, 4.69) is 10.0 Å². The molecule has 2 aromatic carbocycles. The molecule has 0 bridgehead atoms. The van der Waals surface area contributed by atoms with Gasteiger partial charge < -0.3 is 10.1 Å². The van der Waals surface area contributed by atoms with Crippen LogP contribution in [0.1, 0.15) is 12.8 Å². The van der Waals surface area contributed by atoms with E-state index in [0.29, 0.717) is 24.8 Å². The number of sulfonamides is 1. The second-order valence-electron chi connectivity index (χ2n) is 5.75. The Morgan fingerprint density at radius 2 is 1.77 bits per heavy atom. The molecule has 0 aliphatic carbocycles. The largest absolute Gasteiger partial charge is 0.368 e. The van der Waals surface area contributed by atoms with E-state index in [4.69, 9.17) is 4.74 Å². The lowest BCUT2D eigenvalue weighted by molar-refractivity contribution is -0.124. The minimum absolute atomic E-state index is 0.142. The number of anilines is 2. The summed E-state index contributed by atoms with van der Waals surface area (Å²) in [7, 11) is -4.29. The van der Waals surface area contributed by atoms with Gasteiger partial charge in [-0.25, -0.2) is 17.2 Å². The number of hydrogen-bond donors (Lipinski definition) is 2. The average Bonchev–Trinajstić information content (AvgIpc) is 3.13. The van der Waals surface area contributed by atoms with Crippen molar-refractivity contribution >= 4 is 27.3 Å². The fourth-order valence-electron chi connectivity index (χ4n) is 2.52. The highest BCUT2D eigenvalue weighted by Gasteiger charge is 2.24. The molecule has 1 saturated heterocycles. The van der Waals surface area contributed by atoms with E-state index >= 15 is 0 Å². The normalized spacial score (nSPS) is 17.1. The van der Waals surface area contributed by atoms with Crippen molar-refractivity contribution in [3.8, 4) is 0 Å². The Labute approximate surface area is 149 Å². The minimum Gasteiger partial charge on any atom is -0.368 e. The fourth-order valence-corrected chi connectivity index (χ4v) is 3.67. The summed E-state index contributed by atoms with van der Waals surface area (Å²) < 4.78 is 58.7. The first-order valence-electron chi connectivity index (χ1n) is 7.85. The standard InChI is InChI=1S/C17H16F2N2O4S/c18-11-3-8-14(19)16(10-11)26(23,24)21-13-6-4-12(5-7-13)20-17(22)15-2-1-9-25-15/h3-8,10,15,21H,1-2,9H2,(H,20,22). The van der Waals surface area contributed by atoms with E-state index in [1.54, 1.807) is 0 Å². The lowest BCUT2D eigenvalue weighted by Gasteiger charge is -2.12. The number of carbonyl (C=O) groups is 1. The summed E-state index contributed by atoms with van der Waals surface area (Å²) >= 11 is 0. The van der Waals surface area contributed by atoms with Crippen molar-refractivity contribution in [3.63, 3.8) is 0 Å². The summed E-state index contributed by atoms with van der Waals surface area (Å²) in [5.41, 5.74) is 0.606. The van der Waals surface area contributed by atoms with Crippen molar-refractivity contribution in [2.24, 2.45) is 0 Å². The summed E-state index contributed by atoms with van der Waals surface area (Å²) in [6.45, 7) is 0.551. The average molecular weight is 382 g/mol. The molecule has 0 saturated carbocycles. The number of benzene rings is 2. The third-order valence-electron chi connectivity index (χ3n) is 3.81. The molecule has 138 valence electrons. The predicted octanol–water partition coefficient (Wildman–Crippen LogP) is 2.88. The molecule has 26 heavy (non-hydrogen) atoms. The van der Waals surface area contributed by atoms with Crippen LogP contribution in [0.15, 0.2) is 47.4 Å². The highest BCUT2D eigenvalue weighted by atomic mass is 32.2. The second kappa shape index (κ2) is 7.38. The van der Waals surface area contributed by atoms with Crippen molar-refractivity contribution in [2.75, 3.05) is 16.6 Å². The Morgan fingerprint density at radius 3 is 2.42 bits per heavy atom. The van der Waals surface area contributed by atoms with Crippen LogP contribution >= 0.6 is 0 Å².